The number of ether oxygens (including phenoxy) is 3. The molecule has 1 fully saturated rings. The van der Waals surface area contributed by atoms with Crippen LogP contribution in [0.25, 0.3) is 5.76 Å². The molecule has 2 aromatic carbocycles. The number of ketones is 1. The molecule has 3 rings (SSSR count). The van der Waals surface area contributed by atoms with Gasteiger partial charge in [0.15, 0.2) is 11.5 Å². The first-order valence-electron chi connectivity index (χ1n) is 9.12. The molecule has 1 saturated heterocycles. The van der Waals surface area contributed by atoms with Crippen molar-refractivity contribution in [1.82, 2.24) is 4.90 Å². The molecular formula is C22H23NO6. The minimum absolute atomic E-state index is 0.0221. The predicted molar refractivity (Wildman–Crippen MR) is 107 cm³/mol. The fraction of sp³-hybridized carbons (Fsp3) is 0.273. The first-order chi connectivity index (χ1) is 13.9. The second-order valence-electron chi connectivity index (χ2n) is 6.48. The highest BCUT2D eigenvalue weighted by Gasteiger charge is 2.44. The summed E-state index contributed by atoms with van der Waals surface area (Å²) in [5.41, 5.74) is 1.07. The number of likely N-dealkylation sites (tertiary alicyclic amines) is 1. The van der Waals surface area contributed by atoms with Gasteiger partial charge in [-0.15, -0.1) is 0 Å². The summed E-state index contributed by atoms with van der Waals surface area (Å²) in [5.74, 6) is -0.107. The standard InChI is InChI=1S/C22H23NO6/c1-5-29-15-9-6-13(7-10-15)19-18(21(25)22(26)23(19)2)20(24)14-8-11-16(27-3)17(12-14)28-4/h6-12,19,24H,5H2,1-4H3. The van der Waals surface area contributed by atoms with Crippen molar-refractivity contribution in [3.8, 4) is 17.2 Å². The molecule has 1 aliphatic rings. The lowest BCUT2D eigenvalue weighted by Crippen LogP contribution is -2.24. The summed E-state index contributed by atoms with van der Waals surface area (Å²) >= 11 is 0. The van der Waals surface area contributed by atoms with E-state index in [0.717, 1.165) is 0 Å². The maximum Gasteiger partial charge on any atom is 0.295 e. The van der Waals surface area contributed by atoms with E-state index in [1.807, 2.05) is 6.92 Å². The Morgan fingerprint density at radius 1 is 1.03 bits per heavy atom. The van der Waals surface area contributed by atoms with Gasteiger partial charge in [0.05, 0.1) is 32.4 Å². The van der Waals surface area contributed by atoms with Crippen LogP contribution in [0.3, 0.4) is 0 Å². The van der Waals surface area contributed by atoms with Crippen molar-refractivity contribution >= 4 is 17.4 Å². The second kappa shape index (κ2) is 8.26. The van der Waals surface area contributed by atoms with Gasteiger partial charge >= 0.3 is 0 Å². The smallest absolute Gasteiger partial charge is 0.295 e. The Balaban J connectivity index is 2.10. The molecule has 1 heterocycles. The van der Waals surface area contributed by atoms with Crippen LogP contribution in [0.4, 0.5) is 0 Å². The highest BCUT2D eigenvalue weighted by molar-refractivity contribution is 6.46. The zero-order valence-corrected chi connectivity index (χ0v) is 16.8. The number of hydrogen-bond donors (Lipinski definition) is 1. The van der Waals surface area contributed by atoms with Crippen LogP contribution in [0.5, 0.6) is 17.2 Å². The van der Waals surface area contributed by atoms with Crippen molar-refractivity contribution in [1.29, 1.82) is 0 Å². The summed E-state index contributed by atoms with van der Waals surface area (Å²) in [5, 5.41) is 10.9. The van der Waals surface area contributed by atoms with Crippen LogP contribution < -0.4 is 14.2 Å². The maximum atomic E-state index is 12.7. The minimum atomic E-state index is -0.737. The Labute approximate surface area is 169 Å². The van der Waals surface area contributed by atoms with Crippen molar-refractivity contribution in [2.75, 3.05) is 27.9 Å². The first-order valence-corrected chi connectivity index (χ1v) is 9.12. The average molecular weight is 397 g/mol. The van der Waals surface area contributed by atoms with Gasteiger partial charge in [-0.25, -0.2) is 0 Å². The molecule has 0 saturated carbocycles. The van der Waals surface area contributed by atoms with Crippen LogP contribution in [-0.4, -0.2) is 49.6 Å². The van der Waals surface area contributed by atoms with E-state index in [2.05, 4.69) is 0 Å². The topological polar surface area (TPSA) is 85.3 Å². The van der Waals surface area contributed by atoms with Crippen LogP contribution in [-0.2, 0) is 9.59 Å². The van der Waals surface area contributed by atoms with Gasteiger partial charge in [0, 0.05) is 12.6 Å². The van der Waals surface area contributed by atoms with E-state index in [9.17, 15) is 14.7 Å². The molecule has 152 valence electrons. The Morgan fingerprint density at radius 2 is 1.69 bits per heavy atom. The number of amides is 1. The van der Waals surface area contributed by atoms with Crippen LogP contribution in [0, 0.1) is 0 Å². The van der Waals surface area contributed by atoms with Crippen molar-refractivity contribution in [2.24, 2.45) is 0 Å². The number of Topliss-reactive ketones (excluding diaryl/α,β-unsaturated/α-hetero) is 1. The third-order valence-electron chi connectivity index (χ3n) is 4.84. The van der Waals surface area contributed by atoms with Crippen molar-refractivity contribution in [3.63, 3.8) is 0 Å². The number of rotatable bonds is 6. The van der Waals surface area contributed by atoms with E-state index < -0.39 is 17.7 Å². The normalized spacial score (nSPS) is 18.1. The molecule has 1 amide bonds. The van der Waals surface area contributed by atoms with E-state index in [4.69, 9.17) is 14.2 Å². The summed E-state index contributed by atoms with van der Waals surface area (Å²) in [6.45, 7) is 2.42. The number of methoxy groups -OCH3 is 2. The number of aliphatic hydroxyl groups excluding tert-OH is 1. The minimum Gasteiger partial charge on any atom is -0.507 e. The molecule has 0 bridgehead atoms. The van der Waals surface area contributed by atoms with Gasteiger partial charge in [-0.3, -0.25) is 9.59 Å². The molecule has 1 unspecified atom stereocenters. The van der Waals surface area contributed by atoms with Crippen LogP contribution in [0.15, 0.2) is 48.0 Å². The Kier molecular flexibility index (Phi) is 5.77. The second-order valence-corrected chi connectivity index (χ2v) is 6.48. The van der Waals surface area contributed by atoms with Gasteiger partial charge < -0.3 is 24.2 Å². The molecular weight excluding hydrogens is 374 g/mol. The third-order valence-corrected chi connectivity index (χ3v) is 4.84. The SMILES string of the molecule is CCOc1ccc(C2C(=C(O)c3ccc(OC)c(OC)c3)C(=O)C(=O)N2C)cc1. The Hall–Kier alpha value is -3.48. The van der Waals surface area contributed by atoms with Crippen molar-refractivity contribution < 1.29 is 28.9 Å². The molecule has 0 spiro atoms. The molecule has 29 heavy (non-hydrogen) atoms. The summed E-state index contributed by atoms with van der Waals surface area (Å²) in [4.78, 5) is 26.4. The monoisotopic (exact) mass is 397 g/mol. The van der Waals surface area contributed by atoms with Gasteiger partial charge in [0.25, 0.3) is 11.7 Å². The summed E-state index contributed by atoms with van der Waals surface area (Å²) in [6, 6.07) is 11.2. The third kappa shape index (κ3) is 3.63. The summed E-state index contributed by atoms with van der Waals surface area (Å²) < 4.78 is 15.9. The predicted octanol–water partition coefficient (Wildman–Crippen LogP) is 3.15. The molecule has 0 aliphatic carbocycles. The van der Waals surface area contributed by atoms with Gasteiger partial charge in [0.2, 0.25) is 0 Å². The average Bonchev–Trinajstić information content (AvgIpc) is 2.97. The fourth-order valence-electron chi connectivity index (χ4n) is 3.39. The number of carbonyl (C=O) groups is 2. The molecule has 0 aromatic heterocycles. The molecule has 7 heteroatoms. The van der Waals surface area contributed by atoms with Crippen molar-refractivity contribution in [3.05, 3.63) is 59.2 Å². The quantitative estimate of drug-likeness (QED) is 0.458. The Bertz CT molecular complexity index is 964. The number of hydrogen-bond acceptors (Lipinski definition) is 6. The highest BCUT2D eigenvalue weighted by Crippen LogP contribution is 2.40. The van der Waals surface area contributed by atoms with E-state index in [1.165, 1.54) is 26.2 Å². The van der Waals surface area contributed by atoms with Crippen molar-refractivity contribution in [2.45, 2.75) is 13.0 Å². The molecule has 7 nitrogen and oxygen atoms in total. The number of likely N-dealkylation sites (N-methyl/N-ethyl adjacent to an activating group) is 1. The molecule has 1 N–H and O–H groups in total. The van der Waals surface area contributed by atoms with E-state index in [-0.39, 0.29) is 11.3 Å². The maximum absolute atomic E-state index is 12.7. The number of carbonyl (C=O) groups excluding carboxylic acids is 2. The van der Waals surface area contributed by atoms with Gasteiger partial charge in [-0.2, -0.15) is 0 Å². The summed E-state index contributed by atoms with van der Waals surface area (Å²) in [6.07, 6.45) is 0. The number of aliphatic hydroxyl groups is 1. The van der Waals surface area contributed by atoms with Crippen LogP contribution >= 0.6 is 0 Å². The zero-order valence-electron chi connectivity index (χ0n) is 16.8. The Morgan fingerprint density at radius 3 is 2.28 bits per heavy atom. The van der Waals surface area contributed by atoms with E-state index in [1.54, 1.807) is 42.5 Å². The largest absolute Gasteiger partial charge is 0.507 e. The van der Waals surface area contributed by atoms with E-state index in [0.29, 0.717) is 35.0 Å². The lowest BCUT2D eigenvalue weighted by molar-refractivity contribution is -0.139. The fourth-order valence-corrected chi connectivity index (χ4v) is 3.39. The lowest BCUT2D eigenvalue weighted by Gasteiger charge is -2.21. The van der Waals surface area contributed by atoms with E-state index >= 15 is 0 Å². The lowest BCUT2D eigenvalue weighted by atomic mass is 9.95. The van der Waals surface area contributed by atoms with Crippen LogP contribution in [0.1, 0.15) is 24.1 Å². The molecule has 2 aromatic rings. The number of benzene rings is 2. The summed E-state index contributed by atoms with van der Waals surface area (Å²) in [7, 11) is 4.52. The van der Waals surface area contributed by atoms with Gasteiger partial charge in [0.1, 0.15) is 11.5 Å². The molecule has 1 aliphatic heterocycles. The first kappa shape index (κ1) is 20.3. The zero-order chi connectivity index (χ0) is 21.1. The molecule has 0 radical (unpaired) electrons. The van der Waals surface area contributed by atoms with Gasteiger partial charge in [-0.1, -0.05) is 12.1 Å². The van der Waals surface area contributed by atoms with Crippen LogP contribution in [0.2, 0.25) is 0 Å². The molecule has 1 atom stereocenters. The van der Waals surface area contributed by atoms with Gasteiger partial charge in [-0.05, 0) is 42.8 Å². The number of nitrogens with zero attached hydrogens (tertiary/aromatic N) is 1. The highest BCUT2D eigenvalue weighted by atomic mass is 16.5.